The SMILES string of the molecule is CC1CC(c2c(CNC(=O)Oc3ccccc3)cccc2OC(N)=O)CC(C)(C)C1. The Morgan fingerprint density at radius 2 is 1.80 bits per heavy atom. The largest absolute Gasteiger partial charge is 0.412 e. The van der Waals surface area contributed by atoms with E-state index in [1.165, 1.54) is 0 Å². The molecule has 0 radical (unpaired) electrons. The molecule has 160 valence electrons. The van der Waals surface area contributed by atoms with Crippen LogP contribution in [0.3, 0.4) is 0 Å². The topological polar surface area (TPSA) is 90.7 Å². The number of carbonyl (C=O) groups is 2. The van der Waals surface area contributed by atoms with Crippen molar-refractivity contribution in [3.63, 3.8) is 0 Å². The number of rotatable bonds is 5. The Kier molecular flexibility index (Phi) is 6.65. The van der Waals surface area contributed by atoms with Crippen molar-refractivity contribution in [2.75, 3.05) is 0 Å². The summed E-state index contributed by atoms with van der Waals surface area (Å²) in [6.45, 7) is 7.05. The van der Waals surface area contributed by atoms with Crippen molar-refractivity contribution in [1.82, 2.24) is 5.32 Å². The lowest BCUT2D eigenvalue weighted by molar-refractivity contribution is 0.165. The molecule has 6 heteroatoms. The fraction of sp³-hybridized carbons (Fsp3) is 0.417. The smallest absolute Gasteiger partial charge is 0.410 e. The fourth-order valence-electron chi connectivity index (χ4n) is 4.77. The average molecular weight is 411 g/mol. The second kappa shape index (κ2) is 9.20. The minimum Gasteiger partial charge on any atom is -0.410 e. The van der Waals surface area contributed by atoms with Crippen LogP contribution in [0.15, 0.2) is 48.5 Å². The van der Waals surface area contributed by atoms with Crippen molar-refractivity contribution in [3.8, 4) is 11.5 Å². The maximum atomic E-state index is 12.3. The molecule has 2 aromatic carbocycles. The Labute approximate surface area is 177 Å². The molecule has 3 N–H and O–H groups in total. The molecule has 2 unspecified atom stereocenters. The summed E-state index contributed by atoms with van der Waals surface area (Å²) in [6.07, 6.45) is 1.74. The standard InChI is InChI=1S/C24H30N2O4/c1-16-12-18(14-24(2,3)13-16)21-17(8-7-11-20(21)30-22(25)27)15-26-23(28)29-19-9-5-4-6-10-19/h4-11,16,18H,12-15H2,1-3H3,(H2,25,27)(H,26,28). The van der Waals surface area contributed by atoms with Gasteiger partial charge in [0.25, 0.3) is 0 Å². The predicted octanol–water partition coefficient (Wildman–Crippen LogP) is 5.36. The van der Waals surface area contributed by atoms with Crippen LogP contribution in [0.1, 0.15) is 57.1 Å². The predicted molar refractivity (Wildman–Crippen MR) is 115 cm³/mol. The Balaban J connectivity index is 1.83. The number of carbonyl (C=O) groups excluding carboxylic acids is 2. The first-order valence-electron chi connectivity index (χ1n) is 10.3. The first-order chi connectivity index (χ1) is 14.2. The number of nitrogens with one attached hydrogen (secondary N) is 1. The maximum absolute atomic E-state index is 12.3. The molecule has 2 atom stereocenters. The number of ether oxygens (including phenoxy) is 2. The summed E-state index contributed by atoms with van der Waals surface area (Å²) < 4.78 is 10.7. The third-order valence-electron chi connectivity index (χ3n) is 5.54. The zero-order chi connectivity index (χ0) is 21.7. The van der Waals surface area contributed by atoms with E-state index < -0.39 is 12.2 Å². The van der Waals surface area contributed by atoms with Crippen LogP contribution < -0.4 is 20.5 Å². The van der Waals surface area contributed by atoms with E-state index in [0.29, 0.717) is 17.4 Å². The Morgan fingerprint density at radius 3 is 2.47 bits per heavy atom. The number of hydrogen-bond acceptors (Lipinski definition) is 4. The van der Waals surface area contributed by atoms with Crippen molar-refractivity contribution in [1.29, 1.82) is 0 Å². The van der Waals surface area contributed by atoms with Gasteiger partial charge in [0, 0.05) is 12.1 Å². The van der Waals surface area contributed by atoms with Crippen LogP contribution in [0, 0.1) is 11.3 Å². The molecule has 0 aliphatic heterocycles. The van der Waals surface area contributed by atoms with E-state index in [4.69, 9.17) is 15.2 Å². The molecule has 0 spiro atoms. The van der Waals surface area contributed by atoms with Crippen LogP contribution in [0.2, 0.25) is 0 Å². The lowest BCUT2D eigenvalue weighted by atomic mass is 9.65. The number of para-hydroxylation sites is 1. The molecule has 6 nitrogen and oxygen atoms in total. The Bertz CT molecular complexity index is 895. The van der Waals surface area contributed by atoms with E-state index in [1.54, 1.807) is 36.4 Å². The summed E-state index contributed by atoms with van der Waals surface area (Å²) in [7, 11) is 0. The summed E-state index contributed by atoms with van der Waals surface area (Å²) in [5.41, 5.74) is 7.33. The van der Waals surface area contributed by atoms with Gasteiger partial charge in [-0.05, 0) is 60.3 Å². The number of primary amides is 1. The zero-order valence-corrected chi connectivity index (χ0v) is 17.8. The summed E-state index contributed by atoms with van der Waals surface area (Å²) in [6, 6.07) is 14.4. The highest BCUT2D eigenvalue weighted by Crippen LogP contribution is 2.48. The summed E-state index contributed by atoms with van der Waals surface area (Å²) in [5, 5.41) is 2.81. The second-order valence-corrected chi connectivity index (χ2v) is 8.92. The van der Waals surface area contributed by atoms with E-state index in [-0.39, 0.29) is 17.9 Å². The molecule has 30 heavy (non-hydrogen) atoms. The Hall–Kier alpha value is -3.02. The van der Waals surface area contributed by atoms with Crippen LogP contribution in [0.5, 0.6) is 11.5 Å². The van der Waals surface area contributed by atoms with Gasteiger partial charge in [-0.1, -0.05) is 51.1 Å². The number of amides is 2. The normalized spacial score (nSPS) is 20.2. The van der Waals surface area contributed by atoms with E-state index in [2.05, 4.69) is 26.1 Å². The molecule has 0 saturated heterocycles. The van der Waals surface area contributed by atoms with Gasteiger partial charge in [-0.15, -0.1) is 0 Å². The van der Waals surface area contributed by atoms with E-state index in [0.717, 1.165) is 30.4 Å². The molecule has 0 heterocycles. The van der Waals surface area contributed by atoms with E-state index in [1.807, 2.05) is 12.1 Å². The number of nitrogens with two attached hydrogens (primary N) is 1. The minimum atomic E-state index is -0.840. The van der Waals surface area contributed by atoms with Crippen LogP contribution in [-0.2, 0) is 6.54 Å². The quantitative estimate of drug-likeness (QED) is 0.694. The molecule has 1 aliphatic carbocycles. The van der Waals surface area contributed by atoms with Gasteiger partial charge in [0.05, 0.1) is 0 Å². The summed E-state index contributed by atoms with van der Waals surface area (Å²) >= 11 is 0. The molecule has 0 aromatic heterocycles. The highest BCUT2D eigenvalue weighted by atomic mass is 16.6. The highest BCUT2D eigenvalue weighted by molar-refractivity contribution is 5.71. The Morgan fingerprint density at radius 1 is 1.07 bits per heavy atom. The van der Waals surface area contributed by atoms with Crippen molar-refractivity contribution in [3.05, 3.63) is 59.7 Å². The lowest BCUT2D eigenvalue weighted by Gasteiger charge is -2.40. The van der Waals surface area contributed by atoms with Crippen LogP contribution in [0.4, 0.5) is 9.59 Å². The van der Waals surface area contributed by atoms with Gasteiger partial charge < -0.3 is 20.5 Å². The van der Waals surface area contributed by atoms with Gasteiger partial charge in [0.2, 0.25) is 0 Å². The van der Waals surface area contributed by atoms with Gasteiger partial charge in [-0.2, -0.15) is 0 Å². The third-order valence-corrected chi connectivity index (χ3v) is 5.54. The lowest BCUT2D eigenvalue weighted by Crippen LogP contribution is -2.30. The third kappa shape index (κ3) is 5.75. The van der Waals surface area contributed by atoms with Gasteiger partial charge in [0.15, 0.2) is 0 Å². The summed E-state index contributed by atoms with van der Waals surface area (Å²) in [5.74, 6) is 1.70. The molecule has 1 aliphatic rings. The minimum absolute atomic E-state index is 0.180. The van der Waals surface area contributed by atoms with Crippen molar-refractivity contribution >= 4 is 12.2 Å². The molecular formula is C24H30N2O4. The van der Waals surface area contributed by atoms with Crippen LogP contribution in [-0.4, -0.2) is 12.2 Å². The average Bonchev–Trinajstić information content (AvgIpc) is 2.65. The number of benzene rings is 2. The summed E-state index contributed by atoms with van der Waals surface area (Å²) in [4.78, 5) is 23.7. The van der Waals surface area contributed by atoms with Gasteiger partial charge in [0.1, 0.15) is 11.5 Å². The van der Waals surface area contributed by atoms with Crippen molar-refractivity contribution in [2.24, 2.45) is 17.1 Å². The maximum Gasteiger partial charge on any atom is 0.412 e. The molecule has 1 saturated carbocycles. The second-order valence-electron chi connectivity index (χ2n) is 8.92. The molecule has 3 rings (SSSR count). The molecule has 2 amide bonds. The molecule has 2 aromatic rings. The first kappa shape index (κ1) is 21.7. The van der Waals surface area contributed by atoms with Crippen LogP contribution >= 0.6 is 0 Å². The van der Waals surface area contributed by atoms with E-state index >= 15 is 0 Å². The molecule has 1 fully saturated rings. The van der Waals surface area contributed by atoms with Crippen LogP contribution in [0.25, 0.3) is 0 Å². The highest BCUT2D eigenvalue weighted by Gasteiger charge is 2.35. The van der Waals surface area contributed by atoms with Gasteiger partial charge in [-0.3, -0.25) is 0 Å². The van der Waals surface area contributed by atoms with Gasteiger partial charge >= 0.3 is 12.2 Å². The fourth-order valence-corrected chi connectivity index (χ4v) is 4.77. The number of hydrogen-bond donors (Lipinski definition) is 2. The van der Waals surface area contributed by atoms with E-state index in [9.17, 15) is 9.59 Å². The first-order valence-corrected chi connectivity index (χ1v) is 10.3. The van der Waals surface area contributed by atoms with Gasteiger partial charge in [-0.25, -0.2) is 9.59 Å². The van der Waals surface area contributed by atoms with Crippen molar-refractivity contribution < 1.29 is 19.1 Å². The molecular weight excluding hydrogens is 380 g/mol. The molecule has 0 bridgehead atoms. The zero-order valence-electron chi connectivity index (χ0n) is 17.8. The monoisotopic (exact) mass is 410 g/mol. The van der Waals surface area contributed by atoms with Crippen molar-refractivity contribution in [2.45, 2.75) is 52.5 Å².